The quantitative estimate of drug-likeness (QED) is 0.908. The van der Waals surface area contributed by atoms with E-state index in [0.717, 1.165) is 38.5 Å². The van der Waals surface area contributed by atoms with Crippen molar-refractivity contribution in [2.24, 2.45) is 5.41 Å². The summed E-state index contributed by atoms with van der Waals surface area (Å²) in [6.07, 6.45) is 9.96. The SMILES string of the molecule is CC1CCCC(Cc2nnn(C3(C(=O)O)CCC4(CCC4)C3)n2)O1. The van der Waals surface area contributed by atoms with E-state index in [-0.39, 0.29) is 17.6 Å². The van der Waals surface area contributed by atoms with E-state index in [1.165, 1.54) is 11.2 Å². The van der Waals surface area contributed by atoms with Gasteiger partial charge in [0.15, 0.2) is 11.4 Å². The maximum Gasteiger partial charge on any atom is 0.333 e. The van der Waals surface area contributed by atoms with Crippen LogP contribution >= 0.6 is 0 Å². The average Bonchev–Trinajstić information content (AvgIpc) is 3.12. The lowest BCUT2D eigenvalue weighted by molar-refractivity contribution is -0.149. The minimum absolute atomic E-state index is 0.119. The van der Waals surface area contributed by atoms with Crippen LogP contribution in [-0.2, 0) is 21.5 Å². The fourth-order valence-electron chi connectivity index (χ4n) is 4.77. The van der Waals surface area contributed by atoms with Gasteiger partial charge < -0.3 is 9.84 Å². The smallest absolute Gasteiger partial charge is 0.333 e. The van der Waals surface area contributed by atoms with Gasteiger partial charge in [-0.1, -0.05) is 6.42 Å². The summed E-state index contributed by atoms with van der Waals surface area (Å²) in [5.74, 6) is -0.220. The lowest BCUT2D eigenvalue weighted by atomic mass is 9.67. The van der Waals surface area contributed by atoms with E-state index in [9.17, 15) is 9.90 Å². The average molecular weight is 334 g/mol. The molecule has 24 heavy (non-hydrogen) atoms. The predicted octanol–water partition coefficient (Wildman–Crippen LogP) is 2.31. The molecule has 0 aromatic carbocycles. The van der Waals surface area contributed by atoms with E-state index in [1.54, 1.807) is 0 Å². The Morgan fingerprint density at radius 2 is 2.12 bits per heavy atom. The number of carboxylic acid groups (broad SMARTS) is 1. The molecule has 4 rings (SSSR count). The highest BCUT2D eigenvalue weighted by atomic mass is 16.5. The summed E-state index contributed by atoms with van der Waals surface area (Å²) in [7, 11) is 0. The Morgan fingerprint density at radius 1 is 1.29 bits per heavy atom. The Kier molecular flexibility index (Phi) is 3.86. The van der Waals surface area contributed by atoms with E-state index in [1.807, 2.05) is 0 Å². The van der Waals surface area contributed by atoms with Crippen LogP contribution in [0.15, 0.2) is 0 Å². The maximum absolute atomic E-state index is 12.0. The van der Waals surface area contributed by atoms with Gasteiger partial charge in [0.25, 0.3) is 0 Å². The maximum atomic E-state index is 12.0. The standard InChI is InChI=1S/C17H26N4O3/c1-12-4-2-5-13(24-12)10-14-18-20-21(19-14)17(15(22)23)9-8-16(11-17)6-3-7-16/h12-13H,2-11H2,1H3,(H,22,23). The number of aromatic nitrogens is 4. The highest BCUT2D eigenvalue weighted by Gasteiger charge is 2.57. The number of carbonyl (C=O) groups is 1. The van der Waals surface area contributed by atoms with Gasteiger partial charge in [0.05, 0.1) is 12.2 Å². The topological polar surface area (TPSA) is 90.1 Å². The van der Waals surface area contributed by atoms with Gasteiger partial charge in [-0.3, -0.25) is 0 Å². The third kappa shape index (κ3) is 2.62. The summed E-state index contributed by atoms with van der Waals surface area (Å²) in [5, 5.41) is 22.6. The molecule has 3 atom stereocenters. The van der Waals surface area contributed by atoms with E-state index >= 15 is 0 Å². The van der Waals surface area contributed by atoms with Gasteiger partial charge in [0.1, 0.15) is 0 Å². The van der Waals surface area contributed by atoms with Crippen molar-refractivity contribution in [3.63, 3.8) is 0 Å². The highest BCUT2D eigenvalue weighted by molar-refractivity contribution is 5.77. The van der Waals surface area contributed by atoms with E-state index in [2.05, 4.69) is 22.3 Å². The second-order valence-electron chi connectivity index (χ2n) is 8.07. The number of carboxylic acids is 1. The number of hydrogen-bond donors (Lipinski definition) is 1. The first kappa shape index (κ1) is 16.0. The van der Waals surface area contributed by atoms with Crippen molar-refractivity contribution < 1.29 is 14.6 Å². The normalized spacial score (nSPS) is 35.0. The predicted molar refractivity (Wildman–Crippen MR) is 85.5 cm³/mol. The van der Waals surface area contributed by atoms with Crippen molar-refractivity contribution in [3.8, 4) is 0 Å². The third-order valence-corrected chi connectivity index (χ3v) is 6.36. The van der Waals surface area contributed by atoms with Crippen LogP contribution in [0.4, 0.5) is 0 Å². The van der Waals surface area contributed by atoms with Crippen molar-refractivity contribution in [2.45, 2.75) is 88.9 Å². The molecule has 1 aliphatic heterocycles. The Hall–Kier alpha value is -1.50. The zero-order valence-corrected chi connectivity index (χ0v) is 14.3. The fraction of sp³-hybridized carbons (Fsp3) is 0.882. The van der Waals surface area contributed by atoms with Crippen LogP contribution in [0.25, 0.3) is 0 Å². The first-order valence-electron chi connectivity index (χ1n) is 9.20. The molecule has 0 bridgehead atoms. The molecular formula is C17H26N4O3. The molecule has 2 heterocycles. The zero-order valence-electron chi connectivity index (χ0n) is 14.3. The van der Waals surface area contributed by atoms with Gasteiger partial charge in [-0.15, -0.1) is 15.0 Å². The monoisotopic (exact) mass is 334 g/mol. The molecule has 1 aromatic rings. The van der Waals surface area contributed by atoms with Crippen LogP contribution in [-0.4, -0.2) is 43.5 Å². The fourth-order valence-corrected chi connectivity index (χ4v) is 4.77. The van der Waals surface area contributed by atoms with Gasteiger partial charge in [-0.25, -0.2) is 4.79 Å². The van der Waals surface area contributed by atoms with Gasteiger partial charge in [-0.2, -0.15) is 0 Å². The van der Waals surface area contributed by atoms with E-state index in [4.69, 9.17) is 4.74 Å². The van der Waals surface area contributed by atoms with Crippen LogP contribution < -0.4 is 0 Å². The largest absolute Gasteiger partial charge is 0.479 e. The van der Waals surface area contributed by atoms with Crippen LogP contribution in [0.3, 0.4) is 0 Å². The third-order valence-electron chi connectivity index (χ3n) is 6.36. The Bertz CT molecular complexity index is 627. The number of rotatable bonds is 4. The molecule has 7 nitrogen and oxygen atoms in total. The van der Waals surface area contributed by atoms with Gasteiger partial charge in [-0.05, 0) is 68.9 Å². The van der Waals surface area contributed by atoms with Crippen molar-refractivity contribution in [2.75, 3.05) is 0 Å². The molecule has 1 N–H and O–H groups in total. The molecule has 7 heteroatoms. The number of tetrazole rings is 1. The highest BCUT2D eigenvalue weighted by Crippen LogP contribution is 2.58. The Morgan fingerprint density at radius 3 is 2.75 bits per heavy atom. The number of hydrogen-bond acceptors (Lipinski definition) is 5. The molecule has 3 aliphatic rings. The summed E-state index contributed by atoms with van der Waals surface area (Å²) in [6, 6.07) is 0. The Balaban J connectivity index is 1.51. The molecule has 2 saturated carbocycles. The Labute approximate surface area is 141 Å². The molecule has 2 aliphatic carbocycles. The summed E-state index contributed by atoms with van der Waals surface area (Å²) in [4.78, 5) is 13.4. The molecule has 0 amide bonds. The van der Waals surface area contributed by atoms with E-state index in [0.29, 0.717) is 25.1 Å². The second kappa shape index (κ2) is 5.79. The molecule has 3 fully saturated rings. The molecule has 1 aromatic heterocycles. The number of nitrogens with zero attached hydrogens (tertiary/aromatic N) is 4. The van der Waals surface area contributed by atoms with Crippen molar-refractivity contribution in [1.82, 2.24) is 20.2 Å². The molecule has 1 saturated heterocycles. The second-order valence-corrected chi connectivity index (χ2v) is 8.07. The number of aliphatic carboxylic acids is 1. The molecule has 1 spiro atoms. The first-order valence-corrected chi connectivity index (χ1v) is 9.20. The number of ether oxygens (including phenoxy) is 1. The van der Waals surface area contributed by atoms with Gasteiger partial charge >= 0.3 is 5.97 Å². The van der Waals surface area contributed by atoms with Gasteiger partial charge in [0, 0.05) is 6.42 Å². The minimum atomic E-state index is -1.01. The summed E-state index contributed by atoms with van der Waals surface area (Å²) in [5.41, 5.74) is -0.805. The molecule has 132 valence electrons. The summed E-state index contributed by atoms with van der Waals surface area (Å²) < 4.78 is 5.92. The summed E-state index contributed by atoms with van der Waals surface area (Å²) in [6.45, 7) is 2.09. The zero-order chi connectivity index (χ0) is 16.8. The van der Waals surface area contributed by atoms with Crippen LogP contribution in [0.2, 0.25) is 0 Å². The summed E-state index contributed by atoms with van der Waals surface area (Å²) >= 11 is 0. The van der Waals surface area contributed by atoms with Crippen LogP contribution in [0.1, 0.15) is 70.5 Å². The van der Waals surface area contributed by atoms with Crippen molar-refractivity contribution >= 4 is 5.97 Å². The van der Waals surface area contributed by atoms with Crippen LogP contribution in [0.5, 0.6) is 0 Å². The minimum Gasteiger partial charge on any atom is -0.479 e. The van der Waals surface area contributed by atoms with Crippen LogP contribution in [0, 0.1) is 5.41 Å². The van der Waals surface area contributed by atoms with Crippen molar-refractivity contribution in [1.29, 1.82) is 0 Å². The lowest BCUT2D eigenvalue weighted by Crippen LogP contribution is -2.43. The lowest BCUT2D eigenvalue weighted by Gasteiger charge is -2.39. The molecule has 0 radical (unpaired) electrons. The van der Waals surface area contributed by atoms with E-state index < -0.39 is 11.5 Å². The molecule has 3 unspecified atom stereocenters. The van der Waals surface area contributed by atoms with Gasteiger partial charge in [0.2, 0.25) is 0 Å². The molecular weight excluding hydrogens is 308 g/mol. The first-order chi connectivity index (χ1) is 11.5. The van der Waals surface area contributed by atoms with Crippen molar-refractivity contribution in [3.05, 3.63) is 5.82 Å².